The summed E-state index contributed by atoms with van der Waals surface area (Å²) in [6.07, 6.45) is 44.2. The van der Waals surface area contributed by atoms with Crippen molar-refractivity contribution in [3.05, 3.63) is 72.9 Å². The lowest BCUT2D eigenvalue weighted by molar-refractivity contribution is -0.870. The molecule has 0 aliphatic carbocycles. The van der Waals surface area contributed by atoms with E-state index in [2.05, 4.69) is 38.2 Å². The molecule has 0 fully saturated rings. The van der Waals surface area contributed by atoms with Crippen LogP contribution in [-0.2, 0) is 32.7 Å². The molecule has 358 valence electrons. The third kappa shape index (κ3) is 44.0. The molecule has 1 unspecified atom stereocenters. The molecule has 12 heteroatoms. The summed E-state index contributed by atoms with van der Waals surface area (Å²) in [5.74, 6) is -1.07. The number of nitrogens with zero attached hydrogens (tertiary/aromatic N) is 1. The molecule has 0 saturated carbocycles. The number of carbonyl (C=O) groups is 2. The molecular weight excluding hydrogens is 806 g/mol. The Morgan fingerprint density at radius 3 is 1.68 bits per heavy atom. The summed E-state index contributed by atoms with van der Waals surface area (Å²) < 4.78 is 33.8. The van der Waals surface area contributed by atoms with Gasteiger partial charge in [0, 0.05) is 12.8 Å². The lowest BCUT2D eigenvalue weighted by atomic mass is 10.1. The van der Waals surface area contributed by atoms with Crippen LogP contribution < -0.4 is 4.89 Å². The Morgan fingerprint density at radius 2 is 1.10 bits per heavy atom. The second kappa shape index (κ2) is 41.1. The molecule has 0 aliphatic heterocycles. The maximum Gasteiger partial charge on any atom is 0.306 e. The quantitative estimate of drug-likeness (QED) is 0.0151. The monoisotopic (exact) mass is 894 g/mol. The zero-order valence-corrected chi connectivity index (χ0v) is 40.4. The Balaban J connectivity index is 4.54. The van der Waals surface area contributed by atoms with Gasteiger partial charge in [0.25, 0.3) is 7.82 Å². The van der Waals surface area contributed by atoms with Crippen LogP contribution in [0.5, 0.6) is 0 Å². The molecule has 0 aromatic heterocycles. The number of hydrogen-bond acceptors (Lipinski definition) is 10. The van der Waals surface area contributed by atoms with Crippen molar-refractivity contribution in [1.82, 2.24) is 0 Å². The van der Waals surface area contributed by atoms with Crippen LogP contribution in [0.25, 0.3) is 0 Å². The molecule has 0 rings (SSSR count). The van der Waals surface area contributed by atoms with Gasteiger partial charge in [0.1, 0.15) is 19.8 Å². The maximum absolute atomic E-state index is 12.7. The van der Waals surface area contributed by atoms with Gasteiger partial charge >= 0.3 is 11.9 Å². The van der Waals surface area contributed by atoms with Gasteiger partial charge in [-0.1, -0.05) is 164 Å². The van der Waals surface area contributed by atoms with E-state index in [4.69, 9.17) is 18.5 Å². The third-order valence-electron chi connectivity index (χ3n) is 9.91. The lowest BCUT2D eigenvalue weighted by Gasteiger charge is -2.28. The predicted octanol–water partition coefficient (Wildman–Crippen LogP) is 11.1. The number of ether oxygens (including phenoxy) is 2. The molecule has 0 heterocycles. The fourth-order valence-corrected chi connectivity index (χ4v) is 6.80. The van der Waals surface area contributed by atoms with Crippen molar-refractivity contribution >= 4 is 19.8 Å². The first-order valence-corrected chi connectivity index (χ1v) is 25.3. The normalized spacial score (nSPS) is 15.2. The smallest absolute Gasteiger partial charge is 0.306 e. The topological polar surface area (TPSA) is 152 Å². The fraction of sp³-hybridized carbons (Fsp3) is 0.720. The number of aliphatic hydroxyl groups excluding tert-OH is 2. The van der Waals surface area contributed by atoms with E-state index in [1.165, 1.54) is 57.8 Å². The number of quaternary nitrogens is 1. The number of phosphoric acid groups is 1. The average molecular weight is 894 g/mol. The summed E-state index contributed by atoms with van der Waals surface area (Å²) in [5.41, 5.74) is 0. The number of likely N-dealkylation sites (N-methyl/N-ethyl adjacent to an activating group) is 1. The number of rotatable bonds is 42. The minimum absolute atomic E-state index is 0.0246. The highest BCUT2D eigenvalue weighted by molar-refractivity contribution is 7.45. The molecule has 0 spiro atoms. The van der Waals surface area contributed by atoms with Gasteiger partial charge in [-0.15, -0.1) is 0 Å². The molecule has 0 bridgehead atoms. The first-order chi connectivity index (χ1) is 29.8. The van der Waals surface area contributed by atoms with Gasteiger partial charge in [-0.2, -0.15) is 0 Å². The van der Waals surface area contributed by atoms with Gasteiger partial charge in [-0.05, 0) is 64.2 Å². The van der Waals surface area contributed by atoms with Gasteiger partial charge in [0.2, 0.25) is 0 Å². The Kier molecular flexibility index (Phi) is 39.4. The van der Waals surface area contributed by atoms with E-state index in [9.17, 15) is 29.3 Å². The summed E-state index contributed by atoms with van der Waals surface area (Å²) in [5, 5.41) is 20.2. The predicted molar refractivity (Wildman–Crippen MR) is 252 cm³/mol. The van der Waals surface area contributed by atoms with Crippen molar-refractivity contribution in [2.24, 2.45) is 0 Å². The second-order valence-corrected chi connectivity index (χ2v) is 18.6. The van der Waals surface area contributed by atoms with Crippen LogP contribution in [0.1, 0.15) is 168 Å². The largest absolute Gasteiger partial charge is 0.756 e. The van der Waals surface area contributed by atoms with Crippen molar-refractivity contribution in [2.75, 3.05) is 47.5 Å². The fourth-order valence-electron chi connectivity index (χ4n) is 6.07. The van der Waals surface area contributed by atoms with Gasteiger partial charge in [0.05, 0.1) is 40.0 Å². The molecule has 0 aromatic rings. The Morgan fingerprint density at radius 1 is 0.597 bits per heavy atom. The summed E-state index contributed by atoms with van der Waals surface area (Å²) in [7, 11) is 1.03. The van der Waals surface area contributed by atoms with Gasteiger partial charge in [-0.25, -0.2) is 0 Å². The third-order valence-corrected chi connectivity index (χ3v) is 10.9. The highest BCUT2D eigenvalue weighted by Crippen LogP contribution is 2.38. The molecule has 0 radical (unpaired) electrons. The SMILES string of the molecule is CCCCC/C=C\C/C=C\CCCCCCCCCCCC(=O)O[C@H](COC(=O)CCC[C@@H](O)/C=C/C=C\C/C=C\C=C\[C@@H](O)CCCCC)COP(=O)([O-])OCC[N+](C)(C)C. The number of unbranched alkanes of at least 4 members (excludes halogenated alkanes) is 14. The van der Waals surface area contributed by atoms with Crippen molar-refractivity contribution in [3.8, 4) is 0 Å². The summed E-state index contributed by atoms with van der Waals surface area (Å²) in [4.78, 5) is 37.7. The maximum atomic E-state index is 12.7. The molecule has 0 amide bonds. The second-order valence-electron chi connectivity index (χ2n) is 17.2. The molecule has 0 aromatic carbocycles. The Bertz CT molecular complexity index is 1320. The minimum Gasteiger partial charge on any atom is -0.756 e. The van der Waals surface area contributed by atoms with E-state index in [1.54, 1.807) is 18.2 Å². The molecule has 11 nitrogen and oxygen atoms in total. The number of aliphatic hydroxyl groups is 2. The van der Waals surface area contributed by atoms with Gasteiger partial charge in [0.15, 0.2) is 6.10 Å². The molecule has 0 saturated heterocycles. The lowest BCUT2D eigenvalue weighted by Crippen LogP contribution is -2.37. The van der Waals surface area contributed by atoms with Crippen molar-refractivity contribution < 1.29 is 52.3 Å². The van der Waals surface area contributed by atoms with E-state index >= 15 is 0 Å². The van der Waals surface area contributed by atoms with Gasteiger partial charge in [-0.3, -0.25) is 14.2 Å². The van der Waals surface area contributed by atoms with Crippen molar-refractivity contribution in [3.63, 3.8) is 0 Å². The molecule has 4 atom stereocenters. The van der Waals surface area contributed by atoms with Gasteiger partial charge < -0.3 is 38.1 Å². The summed E-state index contributed by atoms with van der Waals surface area (Å²) >= 11 is 0. The number of allylic oxidation sites excluding steroid dienone is 10. The minimum atomic E-state index is -4.69. The Labute approximate surface area is 377 Å². The van der Waals surface area contributed by atoms with E-state index < -0.39 is 44.7 Å². The van der Waals surface area contributed by atoms with E-state index in [1.807, 2.05) is 51.5 Å². The summed E-state index contributed by atoms with van der Waals surface area (Å²) in [6, 6.07) is 0. The number of hydrogen-bond donors (Lipinski definition) is 2. The van der Waals surface area contributed by atoms with Crippen LogP contribution in [0.4, 0.5) is 0 Å². The molecule has 2 N–H and O–H groups in total. The number of esters is 2. The average Bonchev–Trinajstić information content (AvgIpc) is 3.21. The highest BCUT2D eigenvalue weighted by atomic mass is 31.2. The van der Waals surface area contributed by atoms with Crippen LogP contribution >= 0.6 is 7.82 Å². The zero-order chi connectivity index (χ0) is 46.0. The number of carbonyl (C=O) groups excluding carboxylic acids is 2. The first kappa shape index (κ1) is 59.4. The van der Waals surface area contributed by atoms with E-state index in [0.717, 1.165) is 57.8 Å². The van der Waals surface area contributed by atoms with Crippen molar-refractivity contribution in [1.29, 1.82) is 0 Å². The van der Waals surface area contributed by atoms with Crippen LogP contribution in [-0.4, -0.2) is 92.5 Å². The van der Waals surface area contributed by atoms with Crippen molar-refractivity contribution in [2.45, 2.75) is 186 Å². The number of phosphoric ester groups is 1. The first-order valence-electron chi connectivity index (χ1n) is 23.9. The van der Waals surface area contributed by atoms with Crippen LogP contribution in [0.15, 0.2) is 72.9 Å². The molecule has 0 aliphatic rings. The van der Waals surface area contributed by atoms with Crippen LogP contribution in [0, 0.1) is 0 Å². The molecular formula is C50H88NO10P. The Hall–Kier alpha value is -2.63. The molecule has 62 heavy (non-hydrogen) atoms. The highest BCUT2D eigenvalue weighted by Gasteiger charge is 2.22. The van der Waals surface area contributed by atoms with Crippen LogP contribution in [0.2, 0.25) is 0 Å². The summed E-state index contributed by atoms with van der Waals surface area (Å²) in [6.45, 7) is 3.83. The standard InChI is InChI=1S/C50H88NO10P/c1-6-8-10-11-12-13-14-15-16-17-18-19-20-21-22-23-27-30-34-40-50(55)61-48(45-60-62(56,57)59-43-42-51(3,4)5)44-58-49(54)41-35-39-47(53)38-33-29-26-24-25-28-32-37-46(52)36-31-9-7-2/h12-13,15-16,25-26,28-29,32-33,37-38,46-48,52-53H,6-11,14,17-24,27,30-31,34-36,39-45H2,1-5H3/b13-12-,16-15-,28-25-,29-26-,37-32+,38-33+/t46-,47-,48+/m0/s1. The zero-order valence-electron chi connectivity index (χ0n) is 39.5. The van der Waals surface area contributed by atoms with E-state index in [0.29, 0.717) is 36.7 Å². The van der Waals surface area contributed by atoms with E-state index in [-0.39, 0.29) is 26.1 Å². The van der Waals surface area contributed by atoms with Crippen LogP contribution in [0.3, 0.4) is 0 Å².